The van der Waals surface area contributed by atoms with E-state index in [1.54, 1.807) is 29.3 Å². The maximum Gasteiger partial charge on any atom is 0.416 e. The molecule has 0 radical (unpaired) electrons. The molecule has 1 heterocycles. The van der Waals surface area contributed by atoms with Crippen molar-refractivity contribution in [3.63, 3.8) is 0 Å². The Balaban J connectivity index is 1.72. The van der Waals surface area contributed by atoms with E-state index in [0.717, 1.165) is 28.6 Å². The number of hydrazine groups is 1. The van der Waals surface area contributed by atoms with Crippen molar-refractivity contribution in [1.29, 1.82) is 5.26 Å². The van der Waals surface area contributed by atoms with Gasteiger partial charge in [0.15, 0.2) is 0 Å². The van der Waals surface area contributed by atoms with Gasteiger partial charge in [0, 0.05) is 30.4 Å². The number of halogens is 6. The van der Waals surface area contributed by atoms with Crippen LogP contribution in [0.5, 0.6) is 0 Å². The summed E-state index contributed by atoms with van der Waals surface area (Å²) in [7, 11) is 0. The highest BCUT2D eigenvalue weighted by molar-refractivity contribution is 5.97. The lowest BCUT2D eigenvalue weighted by atomic mass is 10.0. The van der Waals surface area contributed by atoms with E-state index in [2.05, 4.69) is 6.07 Å². The molecule has 0 bridgehead atoms. The van der Waals surface area contributed by atoms with Gasteiger partial charge >= 0.3 is 12.4 Å². The van der Waals surface area contributed by atoms with Crippen LogP contribution in [-0.4, -0.2) is 18.1 Å². The molecule has 3 nitrogen and oxygen atoms in total. The van der Waals surface area contributed by atoms with Crippen molar-refractivity contribution in [2.45, 2.75) is 25.3 Å². The topological polar surface area (TPSA) is 30.3 Å². The van der Waals surface area contributed by atoms with Crippen LogP contribution in [0.25, 0.3) is 10.8 Å². The van der Waals surface area contributed by atoms with Gasteiger partial charge in [-0.25, -0.2) is 5.01 Å². The minimum Gasteiger partial charge on any atom is -0.305 e. The number of nitriles is 1. The van der Waals surface area contributed by atoms with Crippen LogP contribution >= 0.6 is 0 Å². The summed E-state index contributed by atoms with van der Waals surface area (Å²) in [4.78, 5) is 0. The number of alkyl halides is 6. The summed E-state index contributed by atoms with van der Waals surface area (Å²) in [6.45, 7) is 0.925. The molecular weight excluding hydrogens is 432 g/mol. The highest BCUT2D eigenvalue weighted by Crippen LogP contribution is 2.38. The van der Waals surface area contributed by atoms with Crippen molar-refractivity contribution in [3.05, 3.63) is 76.9 Å². The molecule has 4 rings (SSSR count). The number of nitrogens with zero attached hydrogens (tertiary/aromatic N) is 3. The number of hydrogen-bond acceptors (Lipinski definition) is 3. The van der Waals surface area contributed by atoms with Gasteiger partial charge < -0.3 is 5.01 Å². The molecule has 166 valence electrons. The number of anilines is 1. The van der Waals surface area contributed by atoms with Crippen LogP contribution in [0.4, 0.5) is 32.0 Å². The van der Waals surface area contributed by atoms with E-state index in [1.165, 1.54) is 0 Å². The monoisotopic (exact) mass is 449 g/mol. The van der Waals surface area contributed by atoms with E-state index < -0.39 is 23.5 Å². The smallest absolute Gasteiger partial charge is 0.305 e. The van der Waals surface area contributed by atoms with Crippen molar-refractivity contribution in [1.82, 2.24) is 5.01 Å². The highest BCUT2D eigenvalue weighted by Gasteiger charge is 2.37. The Morgan fingerprint density at radius 3 is 2.03 bits per heavy atom. The Hall–Kier alpha value is -3.25. The van der Waals surface area contributed by atoms with E-state index >= 15 is 0 Å². The third-order valence-electron chi connectivity index (χ3n) is 5.44. The predicted molar refractivity (Wildman–Crippen MR) is 107 cm³/mol. The first kappa shape index (κ1) is 22.0. The van der Waals surface area contributed by atoms with Crippen molar-refractivity contribution in [2.75, 3.05) is 18.1 Å². The molecule has 0 unspecified atom stereocenters. The second kappa shape index (κ2) is 8.02. The average Bonchev–Trinajstić information content (AvgIpc) is 3.19. The molecule has 0 N–H and O–H groups in total. The first-order valence-corrected chi connectivity index (χ1v) is 9.80. The minimum atomic E-state index is -4.88. The molecule has 1 aliphatic rings. The second-order valence-electron chi connectivity index (χ2n) is 7.57. The zero-order valence-electron chi connectivity index (χ0n) is 16.6. The van der Waals surface area contributed by atoms with E-state index in [0.29, 0.717) is 25.1 Å². The second-order valence-corrected chi connectivity index (χ2v) is 7.57. The van der Waals surface area contributed by atoms with Crippen molar-refractivity contribution < 1.29 is 26.3 Å². The number of benzene rings is 3. The molecule has 0 aliphatic carbocycles. The van der Waals surface area contributed by atoms with Crippen LogP contribution < -0.4 is 5.01 Å². The van der Waals surface area contributed by atoms with E-state index in [-0.39, 0.29) is 18.2 Å². The van der Waals surface area contributed by atoms with E-state index in [9.17, 15) is 31.6 Å². The third-order valence-corrected chi connectivity index (χ3v) is 5.44. The summed E-state index contributed by atoms with van der Waals surface area (Å²) in [5.74, 6) is 0. The molecule has 0 aromatic heterocycles. The van der Waals surface area contributed by atoms with Crippen LogP contribution in [0.3, 0.4) is 0 Å². The van der Waals surface area contributed by atoms with Gasteiger partial charge in [0.1, 0.15) is 0 Å². The fourth-order valence-electron chi connectivity index (χ4n) is 4.03. The lowest BCUT2D eigenvalue weighted by Crippen LogP contribution is -2.36. The fourth-order valence-corrected chi connectivity index (χ4v) is 4.03. The van der Waals surface area contributed by atoms with Gasteiger partial charge in [0.05, 0.1) is 28.4 Å². The van der Waals surface area contributed by atoms with Crippen LogP contribution in [0, 0.1) is 11.3 Å². The predicted octanol–water partition coefficient (Wildman–Crippen LogP) is 6.38. The van der Waals surface area contributed by atoms with Gasteiger partial charge in [-0.3, -0.25) is 0 Å². The van der Waals surface area contributed by atoms with Gasteiger partial charge in [0.25, 0.3) is 0 Å². The molecular formula is C23H17F6N3. The summed E-state index contributed by atoms with van der Waals surface area (Å²) in [5.41, 5.74) is -1.48. The van der Waals surface area contributed by atoms with Crippen LogP contribution in [0.1, 0.15) is 28.7 Å². The van der Waals surface area contributed by atoms with Crippen LogP contribution in [0.2, 0.25) is 0 Å². The van der Waals surface area contributed by atoms with Gasteiger partial charge in [-0.15, -0.1) is 0 Å². The zero-order chi connectivity index (χ0) is 23.1. The third kappa shape index (κ3) is 4.23. The Kier molecular flexibility index (Phi) is 5.51. The Morgan fingerprint density at radius 1 is 0.812 bits per heavy atom. The quantitative estimate of drug-likeness (QED) is 0.435. The SMILES string of the molecule is N#Cc1ccc(N2CCCN2Cc2cc(C(F)(F)F)cc(C(F)(F)F)c2)c2ccccc12. The van der Waals surface area contributed by atoms with Gasteiger partial charge in [0.2, 0.25) is 0 Å². The standard InChI is InChI=1S/C23H17F6N3/c24-22(25,26)17-10-15(11-18(12-17)23(27,28)29)14-31-8-3-9-32(31)21-7-6-16(13-30)19-4-1-2-5-20(19)21/h1-2,4-7,10-12H,3,8-9,14H2. The molecule has 1 saturated heterocycles. The largest absolute Gasteiger partial charge is 0.416 e. The molecule has 9 heteroatoms. The van der Waals surface area contributed by atoms with E-state index in [1.807, 2.05) is 17.1 Å². The van der Waals surface area contributed by atoms with Gasteiger partial charge in [-0.05, 0) is 42.3 Å². The summed E-state index contributed by atoms with van der Waals surface area (Å²) >= 11 is 0. The Bertz CT molecular complexity index is 1160. The average molecular weight is 449 g/mol. The maximum atomic E-state index is 13.2. The van der Waals surface area contributed by atoms with Crippen LogP contribution in [0.15, 0.2) is 54.6 Å². The molecule has 3 aromatic carbocycles. The first-order chi connectivity index (χ1) is 15.1. The van der Waals surface area contributed by atoms with Crippen molar-refractivity contribution >= 4 is 16.5 Å². The normalized spacial score (nSPS) is 15.3. The van der Waals surface area contributed by atoms with Crippen LogP contribution in [-0.2, 0) is 18.9 Å². The fraction of sp³-hybridized carbons (Fsp3) is 0.261. The molecule has 0 atom stereocenters. The minimum absolute atomic E-state index is 0.0722. The molecule has 1 fully saturated rings. The van der Waals surface area contributed by atoms with Crippen molar-refractivity contribution in [2.24, 2.45) is 0 Å². The Morgan fingerprint density at radius 2 is 1.44 bits per heavy atom. The van der Waals surface area contributed by atoms with Gasteiger partial charge in [-0.2, -0.15) is 31.6 Å². The summed E-state index contributed by atoms with van der Waals surface area (Å²) < 4.78 is 79.3. The summed E-state index contributed by atoms with van der Waals surface area (Å²) in [5, 5.41) is 14.5. The lowest BCUT2D eigenvalue weighted by molar-refractivity contribution is -0.143. The molecule has 0 spiro atoms. The van der Waals surface area contributed by atoms with Crippen molar-refractivity contribution in [3.8, 4) is 6.07 Å². The molecule has 0 amide bonds. The molecule has 0 saturated carbocycles. The summed E-state index contributed by atoms with van der Waals surface area (Å²) in [6.07, 6.45) is -9.08. The Labute approximate surface area is 180 Å². The number of fused-ring (bicyclic) bond motifs is 1. The highest BCUT2D eigenvalue weighted by atomic mass is 19.4. The van der Waals surface area contributed by atoms with Gasteiger partial charge in [-0.1, -0.05) is 24.3 Å². The molecule has 1 aliphatic heterocycles. The molecule has 3 aromatic rings. The first-order valence-electron chi connectivity index (χ1n) is 9.80. The number of rotatable bonds is 3. The maximum absolute atomic E-state index is 13.2. The number of hydrogen-bond donors (Lipinski definition) is 0. The zero-order valence-corrected chi connectivity index (χ0v) is 16.6. The summed E-state index contributed by atoms with van der Waals surface area (Å²) in [6, 6.07) is 14.5. The van der Waals surface area contributed by atoms with E-state index in [4.69, 9.17) is 0 Å². The lowest BCUT2D eigenvalue weighted by Gasteiger charge is -2.31. The molecule has 32 heavy (non-hydrogen) atoms.